The Morgan fingerprint density at radius 2 is 1.82 bits per heavy atom. The predicted molar refractivity (Wildman–Crippen MR) is 102 cm³/mol. The zero-order valence-electron chi connectivity index (χ0n) is 13.4. The minimum absolute atomic E-state index is 0. The monoisotopic (exact) mass is 412 g/mol. The third-order valence-electron chi connectivity index (χ3n) is 3.99. The second-order valence-electron chi connectivity index (χ2n) is 6.06. The number of benzene rings is 1. The van der Waals surface area contributed by atoms with Gasteiger partial charge in [-0.1, -0.05) is 35.8 Å². The summed E-state index contributed by atoms with van der Waals surface area (Å²) in [5.41, 5.74) is 2.01. The van der Waals surface area contributed by atoms with Crippen LogP contribution in [-0.4, -0.2) is 36.2 Å². The first-order valence-corrected chi connectivity index (χ1v) is 8.22. The molecule has 0 amide bonds. The van der Waals surface area contributed by atoms with E-state index in [4.69, 9.17) is 0 Å². The molecule has 1 heterocycles. The van der Waals surface area contributed by atoms with E-state index in [-0.39, 0.29) is 30.9 Å². The molecule has 0 aliphatic carbocycles. The van der Waals surface area contributed by atoms with Crippen LogP contribution < -0.4 is 5.32 Å². The molecule has 0 unspecified atom stereocenters. The molecule has 0 bridgehead atoms. The van der Waals surface area contributed by atoms with E-state index in [0.717, 1.165) is 48.2 Å². The topological polar surface area (TPSA) is 35.5 Å². The summed E-state index contributed by atoms with van der Waals surface area (Å²) in [7, 11) is 0. The number of phenols is 1. The van der Waals surface area contributed by atoms with E-state index in [9.17, 15) is 5.11 Å². The first-order chi connectivity index (χ1) is 9.50. The molecule has 0 spiro atoms. The lowest BCUT2D eigenvalue weighted by Gasteiger charge is -2.37. The van der Waals surface area contributed by atoms with E-state index in [0.29, 0.717) is 11.7 Å². The van der Waals surface area contributed by atoms with E-state index in [1.807, 2.05) is 13.0 Å². The van der Waals surface area contributed by atoms with Gasteiger partial charge in [0.05, 0.1) is 0 Å². The van der Waals surface area contributed by atoms with Crippen molar-refractivity contribution in [2.45, 2.75) is 33.2 Å². The Morgan fingerprint density at radius 1 is 1.23 bits per heavy atom. The van der Waals surface area contributed by atoms with Gasteiger partial charge in [0.25, 0.3) is 0 Å². The van der Waals surface area contributed by atoms with Crippen molar-refractivity contribution in [1.82, 2.24) is 10.2 Å². The lowest BCUT2D eigenvalue weighted by atomic mass is 9.93. The highest BCUT2D eigenvalue weighted by atomic mass is 79.9. The van der Waals surface area contributed by atoms with Gasteiger partial charge >= 0.3 is 0 Å². The standard InChI is InChI=1S/C16H25BrN2O.2ClH/c1-11(2)10-14(19-8-6-18-7-9-19)15-13(17)5-4-12(3)16(15)20;;/h4-5,11,14,18,20H,6-10H2,1-3H3;2*1H/t14-;;/m1../s1. The van der Waals surface area contributed by atoms with Gasteiger partial charge < -0.3 is 10.4 Å². The predicted octanol–water partition coefficient (Wildman–Crippen LogP) is 4.30. The van der Waals surface area contributed by atoms with Crippen LogP contribution in [0.25, 0.3) is 0 Å². The van der Waals surface area contributed by atoms with Crippen molar-refractivity contribution in [3.05, 3.63) is 27.7 Å². The van der Waals surface area contributed by atoms with Crippen LogP contribution in [0.15, 0.2) is 16.6 Å². The van der Waals surface area contributed by atoms with Crippen LogP contribution in [0.5, 0.6) is 5.75 Å². The minimum Gasteiger partial charge on any atom is -0.507 e. The fourth-order valence-electron chi connectivity index (χ4n) is 2.90. The summed E-state index contributed by atoms with van der Waals surface area (Å²) in [5.74, 6) is 1.05. The molecule has 1 saturated heterocycles. The third-order valence-corrected chi connectivity index (χ3v) is 4.68. The Bertz CT molecular complexity index is 466. The summed E-state index contributed by atoms with van der Waals surface area (Å²) in [6.45, 7) is 10.6. The van der Waals surface area contributed by atoms with Gasteiger partial charge in [-0.05, 0) is 30.9 Å². The van der Waals surface area contributed by atoms with Gasteiger partial charge in [0.2, 0.25) is 0 Å². The van der Waals surface area contributed by atoms with Crippen LogP contribution in [0.1, 0.15) is 37.4 Å². The number of nitrogens with one attached hydrogen (secondary N) is 1. The molecule has 2 rings (SSSR count). The van der Waals surface area contributed by atoms with Crippen LogP contribution in [0, 0.1) is 12.8 Å². The summed E-state index contributed by atoms with van der Waals surface area (Å²) in [5, 5.41) is 13.9. The maximum atomic E-state index is 10.5. The zero-order valence-corrected chi connectivity index (χ0v) is 16.7. The number of piperazine rings is 1. The molecule has 1 aromatic rings. The van der Waals surface area contributed by atoms with Crippen molar-refractivity contribution in [1.29, 1.82) is 0 Å². The smallest absolute Gasteiger partial charge is 0.124 e. The van der Waals surface area contributed by atoms with Gasteiger partial charge in [-0.15, -0.1) is 24.8 Å². The molecule has 128 valence electrons. The molecule has 0 radical (unpaired) electrons. The molecular formula is C16H27BrCl2N2O. The number of phenolic OH excluding ortho intramolecular Hbond substituents is 1. The molecule has 0 saturated carbocycles. The Morgan fingerprint density at radius 3 is 2.36 bits per heavy atom. The molecule has 6 heteroatoms. The number of nitrogens with zero attached hydrogens (tertiary/aromatic N) is 1. The highest BCUT2D eigenvalue weighted by Crippen LogP contribution is 2.40. The second kappa shape index (κ2) is 9.99. The van der Waals surface area contributed by atoms with Crippen molar-refractivity contribution in [2.24, 2.45) is 5.92 Å². The average Bonchev–Trinajstić information content (AvgIpc) is 2.43. The quantitative estimate of drug-likeness (QED) is 0.772. The number of aryl methyl sites for hydroxylation is 1. The van der Waals surface area contributed by atoms with Crippen molar-refractivity contribution < 1.29 is 5.11 Å². The molecule has 0 aromatic heterocycles. The molecule has 1 aliphatic rings. The maximum Gasteiger partial charge on any atom is 0.124 e. The van der Waals surface area contributed by atoms with Crippen LogP contribution in [0.2, 0.25) is 0 Å². The molecule has 3 nitrogen and oxygen atoms in total. The minimum atomic E-state index is 0. The zero-order chi connectivity index (χ0) is 14.7. The number of aromatic hydroxyl groups is 1. The summed E-state index contributed by atoms with van der Waals surface area (Å²) in [6.07, 6.45) is 1.07. The Hall–Kier alpha value is -0.000000000000000111. The van der Waals surface area contributed by atoms with Gasteiger partial charge in [0, 0.05) is 42.3 Å². The molecule has 1 aromatic carbocycles. The lowest BCUT2D eigenvalue weighted by Crippen LogP contribution is -2.45. The van der Waals surface area contributed by atoms with E-state index in [1.54, 1.807) is 0 Å². The van der Waals surface area contributed by atoms with Crippen molar-refractivity contribution in [2.75, 3.05) is 26.2 Å². The highest BCUT2D eigenvalue weighted by Gasteiger charge is 2.27. The molecule has 22 heavy (non-hydrogen) atoms. The lowest BCUT2D eigenvalue weighted by molar-refractivity contribution is 0.151. The summed E-state index contributed by atoms with van der Waals surface area (Å²) in [6, 6.07) is 4.30. The number of hydrogen-bond acceptors (Lipinski definition) is 3. The molecule has 2 N–H and O–H groups in total. The van der Waals surface area contributed by atoms with Gasteiger partial charge in [-0.3, -0.25) is 4.90 Å². The fraction of sp³-hybridized carbons (Fsp3) is 0.625. The highest BCUT2D eigenvalue weighted by molar-refractivity contribution is 9.10. The van der Waals surface area contributed by atoms with E-state index in [2.05, 4.69) is 46.1 Å². The number of hydrogen-bond donors (Lipinski definition) is 2. The summed E-state index contributed by atoms with van der Waals surface area (Å²) >= 11 is 3.64. The first kappa shape index (κ1) is 22.0. The second-order valence-corrected chi connectivity index (χ2v) is 6.91. The van der Waals surface area contributed by atoms with Gasteiger partial charge in [0.1, 0.15) is 5.75 Å². The molecule has 1 fully saturated rings. The van der Waals surface area contributed by atoms with Crippen LogP contribution in [0.4, 0.5) is 0 Å². The number of rotatable bonds is 4. The van der Waals surface area contributed by atoms with Crippen LogP contribution in [0.3, 0.4) is 0 Å². The Labute approximate surface area is 154 Å². The van der Waals surface area contributed by atoms with Crippen molar-refractivity contribution in [3.63, 3.8) is 0 Å². The fourth-order valence-corrected chi connectivity index (χ4v) is 3.48. The van der Waals surface area contributed by atoms with Crippen LogP contribution >= 0.6 is 40.7 Å². The first-order valence-electron chi connectivity index (χ1n) is 7.43. The van der Waals surface area contributed by atoms with Gasteiger partial charge in [-0.2, -0.15) is 0 Å². The molecule has 1 aliphatic heterocycles. The largest absolute Gasteiger partial charge is 0.507 e. The summed E-state index contributed by atoms with van der Waals surface area (Å²) < 4.78 is 1.02. The Kier molecular flexibility index (Phi) is 9.99. The third kappa shape index (κ3) is 5.27. The summed E-state index contributed by atoms with van der Waals surface area (Å²) in [4.78, 5) is 2.50. The average molecular weight is 414 g/mol. The maximum absolute atomic E-state index is 10.5. The number of halogens is 3. The SMILES string of the molecule is Cc1ccc(Br)c([C@@H](CC(C)C)N2CCNCC2)c1O.Cl.Cl. The molecule has 1 atom stereocenters. The van der Waals surface area contributed by atoms with Gasteiger partial charge in [-0.25, -0.2) is 0 Å². The van der Waals surface area contributed by atoms with Crippen molar-refractivity contribution in [3.8, 4) is 5.75 Å². The Balaban J connectivity index is 0.00000220. The van der Waals surface area contributed by atoms with E-state index in [1.165, 1.54) is 0 Å². The molecular weight excluding hydrogens is 387 g/mol. The van der Waals surface area contributed by atoms with E-state index < -0.39 is 0 Å². The van der Waals surface area contributed by atoms with E-state index >= 15 is 0 Å². The normalized spacial score (nSPS) is 16.8. The van der Waals surface area contributed by atoms with Crippen LogP contribution in [-0.2, 0) is 0 Å². The van der Waals surface area contributed by atoms with Crippen molar-refractivity contribution >= 4 is 40.7 Å². The van der Waals surface area contributed by atoms with Gasteiger partial charge in [0.15, 0.2) is 0 Å².